The summed E-state index contributed by atoms with van der Waals surface area (Å²) in [6, 6.07) is 10.6. The van der Waals surface area contributed by atoms with Crippen molar-refractivity contribution in [1.82, 2.24) is 9.55 Å². The lowest BCUT2D eigenvalue weighted by atomic mass is 10.2. The zero-order valence-electron chi connectivity index (χ0n) is 9.34. The average Bonchev–Trinajstić information content (AvgIpc) is 2.75. The molecule has 4 nitrogen and oxygen atoms in total. The van der Waals surface area contributed by atoms with Crippen LogP contribution in [0.15, 0.2) is 42.7 Å². The predicted molar refractivity (Wildman–Crippen MR) is 72.2 cm³/mol. The predicted octanol–water partition coefficient (Wildman–Crippen LogP) is 2.97. The molecule has 0 aliphatic heterocycles. The zero-order valence-corrected chi connectivity index (χ0v) is 10.1. The van der Waals surface area contributed by atoms with Crippen LogP contribution in [0.5, 0.6) is 5.75 Å². The van der Waals surface area contributed by atoms with Crippen LogP contribution in [0.2, 0.25) is 5.02 Å². The van der Waals surface area contributed by atoms with Crippen molar-refractivity contribution in [3.8, 4) is 11.4 Å². The highest BCUT2D eigenvalue weighted by Crippen LogP contribution is 2.26. The van der Waals surface area contributed by atoms with Crippen LogP contribution < -0.4 is 5.73 Å². The number of imidazole rings is 1. The summed E-state index contributed by atoms with van der Waals surface area (Å²) in [5.74, 6) is 0.0752. The molecule has 0 aliphatic carbocycles. The number of nitrogens with two attached hydrogens (primary N) is 1. The molecule has 1 aromatic heterocycles. The van der Waals surface area contributed by atoms with Gasteiger partial charge in [-0.3, -0.25) is 4.57 Å². The number of rotatable bonds is 1. The Morgan fingerprint density at radius 1 is 1.17 bits per heavy atom. The number of fused-ring (bicyclic) bond motifs is 1. The van der Waals surface area contributed by atoms with Gasteiger partial charge in [-0.1, -0.05) is 11.6 Å². The molecule has 3 rings (SSSR count). The van der Waals surface area contributed by atoms with E-state index in [1.807, 2.05) is 16.7 Å². The molecule has 0 saturated carbocycles. The number of anilines is 1. The topological polar surface area (TPSA) is 64.1 Å². The van der Waals surface area contributed by atoms with Crippen molar-refractivity contribution in [3.05, 3.63) is 47.7 Å². The third-order valence-corrected chi connectivity index (χ3v) is 3.03. The Morgan fingerprint density at radius 3 is 2.78 bits per heavy atom. The van der Waals surface area contributed by atoms with Gasteiger partial charge in [-0.05, 0) is 36.4 Å². The number of benzene rings is 2. The first-order chi connectivity index (χ1) is 8.65. The van der Waals surface area contributed by atoms with Crippen LogP contribution in [0.4, 0.5) is 5.69 Å². The van der Waals surface area contributed by atoms with Gasteiger partial charge in [0.2, 0.25) is 0 Å². The first kappa shape index (κ1) is 10.9. The van der Waals surface area contributed by atoms with Gasteiger partial charge in [0.05, 0.1) is 16.7 Å². The second-order valence-corrected chi connectivity index (χ2v) is 4.43. The second kappa shape index (κ2) is 3.92. The lowest BCUT2D eigenvalue weighted by Gasteiger charge is -2.06. The molecule has 0 unspecified atom stereocenters. The minimum Gasteiger partial charge on any atom is -0.506 e. The van der Waals surface area contributed by atoms with Crippen LogP contribution >= 0.6 is 11.6 Å². The fourth-order valence-corrected chi connectivity index (χ4v) is 2.05. The van der Waals surface area contributed by atoms with E-state index in [1.165, 1.54) is 0 Å². The molecule has 0 amide bonds. The van der Waals surface area contributed by atoms with E-state index in [2.05, 4.69) is 4.98 Å². The molecular formula is C13H10ClN3O. The van der Waals surface area contributed by atoms with E-state index in [0.29, 0.717) is 10.7 Å². The lowest BCUT2D eigenvalue weighted by Crippen LogP contribution is -1.94. The van der Waals surface area contributed by atoms with Crippen molar-refractivity contribution < 1.29 is 5.11 Å². The van der Waals surface area contributed by atoms with Crippen molar-refractivity contribution in [3.63, 3.8) is 0 Å². The van der Waals surface area contributed by atoms with Gasteiger partial charge in [-0.2, -0.15) is 0 Å². The average molecular weight is 260 g/mol. The van der Waals surface area contributed by atoms with Gasteiger partial charge in [0.25, 0.3) is 0 Å². The first-order valence-corrected chi connectivity index (χ1v) is 5.74. The van der Waals surface area contributed by atoms with Crippen LogP contribution in [0.25, 0.3) is 16.7 Å². The van der Waals surface area contributed by atoms with E-state index in [1.54, 1.807) is 30.6 Å². The number of halogens is 1. The molecule has 0 radical (unpaired) electrons. The van der Waals surface area contributed by atoms with Crippen molar-refractivity contribution in [2.24, 2.45) is 0 Å². The number of phenolic OH excluding ortho intramolecular Hbond substituents is 1. The number of hydrogen-bond acceptors (Lipinski definition) is 3. The van der Waals surface area contributed by atoms with Crippen molar-refractivity contribution in [2.75, 3.05) is 5.73 Å². The number of aromatic hydroxyl groups is 1. The molecule has 18 heavy (non-hydrogen) atoms. The summed E-state index contributed by atoms with van der Waals surface area (Å²) in [4.78, 5) is 4.28. The Balaban J connectivity index is 2.22. The molecular weight excluding hydrogens is 250 g/mol. The molecule has 0 bridgehead atoms. The standard InChI is InChI=1S/C13H10ClN3O/c14-8-1-3-12-11(5-8)16-7-17(12)9-2-4-13(18)10(15)6-9/h1-7,18H,15H2. The molecule has 90 valence electrons. The fourth-order valence-electron chi connectivity index (χ4n) is 1.88. The smallest absolute Gasteiger partial charge is 0.138 e. The Hall–Kier alpha value is -2.20. The summed E-state index contributed by atoms with van der Waals surface area (Å²) < 4.78 is 1.89. The molecule has 0 saturated heterocycles. The van der Waals surface area contributed by atoms with Crippen LogP contribution in [-0.4, -0.2) is 14.7 Å². The SMILES string of the molecule is Nc1cc(-n2cnc3cc(Cl)ccc32)ccc1O. The summed E-state index contributed by atoms with van der Waals surface area (Å²) in [6.07, 6.45) is 1.70. The molecule has 0 fully saturated rings. The molecule has 3 N–H and O–H groups in total. The molecule has 0 spiro atoms. The van der Waals surface area contributed by atoms with E-state index >= 15 is 0 Å². The highest BCUT2D eigenvalue weighted by molar-refractivity contribution is 6.31. The molecule has 2 aromatic carbocycles. The maximum atomic E-state index is 9.42. The van der Waals surface area contributed by atoms with E-state index in [9.17, 15) is 5.11 Å². The van der Waals surface area contributed by atoms with Gasteiger partial charge < -0.3 is 10.8 Å². The van der Waals surface area contributed by atoms with Gasteiger partial charge in [-0.15, -0.1) is 0 Å². The van der Waals surface area contributed by atoms with Crippen molar-refractivity contribution in [2.45, 2.75) is 0 Å². The zero-order chi connectivity index (χ0) is 12.7. The van der Waals surface area contributed by atoms with Gasteiger partial charge in [0.15, 0.2) is 0 Å². The van der Waals surface area contributed by atoms with Gasteiger partial charge in [0, 0.05) is 10.7 Å². The van der Waals surface area contributed by atoms with Gasteiger partial charge in [0.1, 0.15) is 12.1 Å². The van der Waals surface area contributed by atoms with E-state index < -0.39 is 0 Å². The Bertz CT molecular complexity index is 736. The quantitative estimate of drug-likeness (QED) is 0.522. The number of aromatic nitrogens is 2. The monoisotopic (exact) mass is 259 g/mol. The summed E-state index contributed by atoms with van der Waals surface area (Å²) in [7, 11) is 0. The third kappa shape index (κ3) is 1.67. The van der Waals surface area contributed by atoms with Crippen molar-refractivity contribution in [1.29, 1.82) is 0 Å². The van der Waals surface area contributed by atoms with E-state index in [-0.39, 0.29) is 5.75 Å². The maximum Gasteiger partial charge on any atom is 0.138 e. The number of nitrogens with zero attached hydrogens (tertiary/aromatic N) is 2. The summed E-state index contributed by atoms with van der Waals surface area (Å²) in [5, 5.41) is 10.1. The van der Waals surface area contributed by atoms with E-state index in [4.69, 9.17) is 17.3 Å². The lowest BCUT2D eigenvalue weighted by molar-refractivity contribution is 0.478. The number of hydrogen-bond donors (Lipinski definition) is 2. The minimum atomic E-state index is 0.0752. The number of phenols is 1. The maximum absolute atomic E-state index is 9.42. The normalized spacial score (nSPS) is 10.9. The Kier molecular flexibility index (Phi) is 2.38. The van der Waals surface area contributed by atoms with Crippen molar-refractivity contribution >= 4 is 28.3 Å². The van der Waals surface area contributed by atoms with Crippen LogP contribution in [0.3, 0.4) is 0 Å². The molecule has 0 aliphatic rings. The van der Waals surface area contributed by atoms with Gasteiger partial charge in [-0.25, -0.2) is 4.98 Å². The largest absolute Gasteiger partial charge is 0.506 e. The molecule has 3 aromatic rings. The molecule has 0 atom stereocenters. The molecule has 5 heteroatoms. The summed E-state index contributed by atoms with van der Waals surface area (Å²) >= 11 is 5.92. The van der Waals surface area contributed by atoms with Gasteiger partial charge >= 0.3 is 0 Å². The van der Waals surface area contributed by atoms with Crippen LogP contribution in [0.1, 0.15) is 0 Å². The Morgan fingerprint density at radius 2 is 2.00 bits per heavy atom. The highest BCUT2D eigenvalue weighted by atomic mass is 35.5. The minimum absolute atomic E-state index is 0.0752. The Labute approximate surface area is 108 Å². The first-order valence-electron chi connectivity index (χ1n) is 5.36. The molecule has 1 heterocycles. The third-order valence-electron chi connectivity index (χ3n) is 2.80. The van der Waals surface area contributed by atoms with E-state index in [0.717, 1.165) is 16.7 Å². The van der Waals surface area contributed by atoms with Crippen LogP contribution in [0, 0.1) is 0 Å². The fraction of sp³-hybridized carbons (Fsp3) is 0. The number of nitrogen functional groups attached to an aromatic ring is 1. The second-order valence-electron chi connectivity index (χ2n) is 3.99. The summed E-state index contributed by atoms with van der Waals surface area (Å²) in [6.45, 7) is 0. The van der Waals surface area contributed by atoms with Crippen LogP contribution in [-0.2, 0) is 0 Å². The summed E-state index contributed by atoms with van der Waals surface area (Å²) in [5.41, 5.74) is 8.62. The highest BCUT2D eigenvalue weighted by Gasteiger charge is 2.06.